The normalized spacial score (nSPS) is 17.8. The van der Waals surface area contributed by atoms with Crippen LogP contribution in [0.25, 0.3) is 0 Å². The van der Waals surface area contributed by atoms with Gasteiger partial charge in [-0.15, -0.1) is 0 Å². The minimum atomic E-state index is -4.04. The molecule has 11 heteroatoms. The Labute approximate surface area is 165 Å². The van der Waals surface area contributed by atoms with Crippen molar-refractivity contribution in [1.29, 1.82) is 0 Å². The zero-order chi connectivity index (χ0) is 19.8. The van der Waals surface area contributed by atoms with E-state index in [1.54, 1.807) is 0 Å². The molecule has 1 atom stereocenters. The van der Waals surface area contributed by atoms with Crippen LogP contribution in [-0.4, -0.2) is 36.8 Å². The van der Waals surface area contributed by atoms with E-state index in [-0.39, 0.29) is 41.2 Å². The van der Waals surface area contributed by atoms with Gasteiger partial charge in [0.25, 0.3) is 5.69 Å². The highest BCUT2D eigenvalue weighted by Crippen LogP contribution is 2.36. The summed E-state index contributed by atoms with van der Waals surface area (Å²) in [4.78, 5) is 10.1. The molecule has 1 heterocycles. The molecular weight excluding hydrogens is 417 g/mol. The Morgan fingerprint density at radius 2 is 1.85 bits per heavy atom. The molecule has 0 amide bonds. The van der Waals surface area contributed by atoms with E-state index < -0.39 is 14.9 Å². The van der Waals surface area contributed by atoms with Gasteiger partial charge in [0, 0.05) is 41.3 Å². The van der Waals surface area contributed by atoms with Gasteiger partial charge in [-0.25, -0.2) is 8.42 Å². The summed E-state index contributed by atoms with van der Waals surface area (Å²) in [7, 11) is -4.04. The average molecular weight is 432 g/mol. The van der Waals surface area contributed by atoms with Crippen LogP contribution in [0.5, 0.6) is 11.5 Å². The third-order valence-corrected chi connectivity index (χ3v) is 6.33. The highest BCUT2D eigenvalue weighted by molar-refractivity contribution is 7.89. The van der Waals surface area contributed by atoms with Gasteiger partial charge in [-0.3, -0.25) is 10.1 Å². The predicted molar refractivity (Wildman–Crippen MR) is 101 cm³/mol. The molecule has 0 saturated carbocycles. The number of benzene rings is 2. The van der Waals surface area contributed by atoms with Crippen LogP contribution in [-0.2, 0) is 10.0 Å². The minimum absolute atomic E-state index is 0.0700. The summed E-state index contributed by atoms with van der Waals surface area (Å²) in [5.41, 5.74) is 5.43. The van der Waals surface area contributed by atoms with E-state index in [4.69, 9.17) is 33.7 Å². The zero-order valence-electron chi connectivity index (χ0n) is 13.8. The smallest absolute Gasteiger partial charge is 0.271 e. The van der Waals surface area contributed by atoms with E-state index in [0.717, 1.165) is 12.1 Å². The molecule has 144 valence electrons. The molecule has 0 aromatic heterocycles. The van der Waals surface area contributed by atoms with Crippen molar-refractivity contribution in [3.8, 4) is 11.5 Å². The predicted octanol–water partition coefficient (Wildman–Crippen LogP) is 3.42. The third kappa shape index (κ3) is 4.33. The molecule has 27 heavy (non-hydrogen) atoms. The van der Waals surface area contributed by atoms with E-state index in [1.165, 1.54) is 28.6 Å². The molecule has 1 aliphatic rings. The van der Waals surface area contributed by atoms with Gasteiger partial charge in [-0.2, -0.15) is 4.31 Å². The zero-order valence-corrected chi connectivity index (χ0v) is 16.2. The monoisotopic (exact) mass is 431 g/mol. The van der Waals surface area contributed by atoms with Crippen LogP contribution in [0.3, 0.4) is 0 Å². The van der Waals surface area contributed by atoms with Crippen LogP contribution >= 0.6 is 23.2 Å². The number of sulfonamides is 1. The fourth-order valence-corrected chi connectivity index (χ4v) is 4.87. The first-order valence-corrected chi connectivity index (χ1v) is 10.0. The Kier molecular flexibility index (Phi) is 5.59. The molecule has 2 aromatic carbocycles. The fraction of sp³-hybridized carbons (Fsp3) is 0.250. The Hall–Kier alpha value is -1.91. The van der Waals surface area contributed by atoms with Crippen molar-refractivity contribution >= 4 is 38.9 Å². The summed E-state index contributed by atoms with van der Waals surface area (Å²) >= 11 is 11.9. The standard InChI is InChI=1S/C16H15Cl2N3O5S/c17-10-5-11(18)7-14(6-10)26-15-2-1-13(21(22)23)8-16(15)27(24,25)20-4-3-12(19)9-20/h1-2,5-8,12H,3-4,9,19H2. The Bertz CT molecular complexity index is 979. The summed E-state index contributed by atoms with van der Waals surface area (Å²) in [6.07, 6.45) is 0.508. The summed E-state index contributed by atoms with van der Waals surface area (Å²) in [5.74, 6) is 0.135. The summed E-state index contributed by atoms with van der Waals surface area (Å²) in [6, 6.07) is 7.49. The minimum Gasteiger partial charge on any atom is -0.456 e. The molecule has 1 saturated heterocycles. The quantitative estimate of drug-likeness (QED) is 0.572. The lowest BCUT2D eigenvalue weighted by Gasteiger charge is -2.18. The SMILES string of the molecule is NC1CCN(S(=O)(=O)c2cc([N+](=O)[O-])ccc2Oc2cc(Cl)cc(Cl)c2)C1. The number of hydrogen-bond acceptors (Lipinski definition) is 6. The lowest BCUT2D eigenvalue weighted by molar-refractivity contribution is -0.385. The van der Waals surface area contributed by atoms with Crippen molar-refractivity contribution < 1.29 is 18.1 Å². The first-order chi connectivity index (χ1) is 12.7. The Morgan fingerprint density at radius 1 is 1.19 bits per heavy atom. The largest absolute Gasteiger partial charge is 0.456 e. The molecule has 8 nitrogen and oxygen atoms in total. The second-order valence-corrected chi connectivity index (χ2v) is 8.79. The van der Waals surface area contributed by atoms with Crippen molar-refractivity contribution in [1.82, 2.24) is 4.31 Å². The van der Waals surface area contributed by atoms with E-state index in [9.17, 15) is 18.5 Å². The fourth-order valence-electron chi connectivity index (χ4n) is 2.72. The Balaban J connectivity index is 2.07. The molecule has 0 bridgehead atoms. The van der Waals surface area contributed by atoms with Crippen LogP contribution in [0.1, 0.15) is 6.42 Å². The number of nitrogens with two attached hydrogens (primary N) is 1. The van der Waals surface area contributed by atoms with Crippen LogP contribution < -0.4 is 10.5 Å². The van der Waals surface area contributed by atoms with E-state index in [1.807, 2.05) is 0 Å². The van der Waals surface area contributed by atoms with Crippen molar-refractivity contribution in [2.75, 3.05) is 13.1 Å². The molecule has 2 aromatic rings. The maximum absolute atomic E-state index is 13.0. The van der Waals surface area contributed by atoms with Crippen LogP contribution in [0.4, 0.5) is 5.69 Å². The lowest BCUT2D eigenvalue weighted by atomic mass is 10.3. The molecule has 0 radical (unpaired) electrons. The molecule has 0 spiro atoms. The van der Waals surface area contributed by atoms with E-state index in [0.29, 0.717) is 16.5 Å². The van der Waals surface area contributed by atoms with Gasteiger partial charge in [-0.1, -0.05) is 23.2 Å². The highest BCUT2D eigenvalue weighted by Gasteiger charge is 2.34. The number of nitro groups is 1. The van der Waals surface area contributed by atoms with Crippen LogP contribution in [0.2, 0.25) is 10.0 Å². The molecule has 1 aliphatic heterocycles. The molecule has 1 fully saturated rings. The molecule has 3 rings (SSSR count). The average Bonchev–Trinajstić information content (AvgIpc) is 3.01. The summed E-state index contributed by atoms with van der Waals surface area (Å²) < 4.78 is 32.9. The first kappa shape index (κ1) is 19.8. The summed E-state index contributed by atoms with van der Waals surface area (Å²) in [5, 5.41) is 11.7. The van der Waals surface area contributed by atoms with Crippen molar-refractivity contribution in [3.63, 3.8) is 0 Å². The second-order valence-electron chi connectivity index (χ2n) is 6.01. The van der Waals surface area contributed by atoms with Gasteiger partial charge < -0.3 is 10.5 Å². The lowest BCUT2D eigenvalue weighted by Crippen LogP contribution is -2.32. The van der Waals surface area contributed by atoms with E-state index >= 15 is 0 Å². The second kappa shape index (κ2) is 7.61. The maximum atomic E-state index is 13.0. The number of halogens is 2. The van der Waals surface area contributed by atoms with Gasteiger partial charge >= 0.3 is 0 Å². The molecule has 2 N–H and O–H groups in total. The topological polar surface area (TPSA) is 116 Å². The van der Waals surface area contributed by atoms with Gasteiger partial charge in [0.15, 0.2) is 0 Å². The molecule has 0 aliphatic carbocycles. The number of ether oxygens (including phenoxy) is 1. The van der Waals surface area contributed by atoms with Gasteiger partial charge in [0.2, 0.25) is 10.0 Å². The van der Waals surface area contributed by atoms with E-state index in [2.05, 4.69) is 0 Å². The maximum Gasteiger partial charge on any atom is 0.271 e. The van der Waals surface area contributed by atoms with Crippen LogP contribution in [0.15, 0.2) is 41.3 Å². The first-order valence-electron chi connectivity index (χ1n) is 7.85. The van der Waals surface area contributed by atoms with Gasteiger partial charge in [0.1, 0.15) is 16.4 Å². The highest BCUT2D eigenvalue weighted by atomic mass is 35.5. The Morgan fingerprint density at radius 3 is 2.41 bits per heavy atom. The number of rotatable bonds is 5. The summed E-state index contributed by atoms with van der Waals surface area (Å²) in [6.45, 7) is 0.363. The third-order valence-electron chi connectivity index (χ3n) is 4.01. The number of nitrogens with zero attached hydrogens (tertiary/aromatic N) is 2. The molecular formula is C16H15Cl2N3O5S. The number of non-ortho nitro benzene ring substituents is 1. The number of nitro benzene ring substituents is 1. The van der Waals surface area contributed by atoms with Crippen molar-refractivity contribution in [2.45, 2.75) is 17.4 Å². The van der Waals surface area contributed by atoms with Gasteiger partial charge in [-0.05, 0) is 30.7 Å². The number of hydrogen-bond donors (Lipinski definition) is 1. The van der Waals surface area contributed by atoms with Gasteiger partial charge in [0.05, 0.1) is 4.92 Å². The van der Waals surface area contributed by atoms with Crippen molar-refractivity contribution in [2.24, 2.45) is 5.73 Å². The van der Waals surface area contributed by atoms with Crippen LogP contribution in [0, 0.1) is 10.1 Å². The molecule has 1 unspecified atom stereocenters. The van der Waals surface area contributed by atoms with Crippen molar-refractivity contribution in [3.05, 3.63) is 56.6 Å².